The molecule has 0 amide bonds. The topological polar surface area (TPSA) is 76.4 Å². The van der Waals surface area contributed by atoms with Crippen LogP contribution in [0.25, 0.3) is 0 Å². The second-order valence-electron chi connectivity index (χ2n) is 4.58. The van der Waals surface area contributed by atoms with Crippen LogP contribution in [0.1, 0.15) is 5.56 Å². The van der Waals surface area contributed by atoms with Crippen molar-refractivity contribution >= 4 is 40.3 Å². The lowest BCUT2D eigenvalue weighted by Crippen LogP contribution is -2.28. The summed E-state index contributed by atoms with van der Waals surface area (Å²) in [5, 5.41) is 17.8. The van der Waals surface area contributed by atoms with Gasteiger partial charge in [0.15, 0.2) is 5.11 Å². The summed E-state index contributed by atoms with van der Waals surface area (Å²) in [5.74, 6) is 0.342. The molecule has 0 aliphatic heterocycles. The standard InChI is InChI=1S/C15H14ClN3O3S/c1-22-14-8-12(19(20)21)6-7-13(14)18-15(23)17-9-10-2-4-11(16)5-3-10/h2-8H,9H2,1H3,(H2,17,18,23). The summed E-state index contributed by atoms with van der Waals surface area (Å²) in [6.45, 7) is 0.526. The molecule has 0 saturated heterocycles. The first-order valence-corrected chi connectivity index (χ1v) is 7.40. The first-order chi connectivity index (χ1) is 11.0. The lowest BCUT2D eigenvalue weighted by molar-refractivity contribution is -0.384. The van der Waals surface area contributed by atoms with Crippen LogP contribution in [0.4, 0.5) is 11.4 Å². The molecular formula is C15H14ClN3O3S. The van der Waals surface area contributed by atoms with Crippen LogP contribution in [0, 0.1) is 10.1 Å². The predicted octanol–water partition coefficient (Wildman–Crippen LogP) is 3.74. The Morgan fingerprint density at radius 2 is 2.00 bits per heavy atom. The van der Waals surface area contributed by atoms with Gasteiger partial charge in [-0.15, -0.1) is 0 Å². The minimum atomic E-state index is -0.483. The summed E-state index contributed by atoms with van der Waals surface area (Å²) in [7, 11) is 1.44. The summed E-state index contributed by atoms with van der Waals surface area (Å²) < 4.78 is 5.14. The number of methoxy groups -OCH3 is 1. The first-order valence-electron chi connectivity index (χ1n) is 6.61. The van der Waals surface area contributed by atoms with Gasteiger partial charge in [-0.25, -0.2) is 0 Å². The molecule has 2 rings (SSSR count). The Hall–Kier alpha value is -2.38. The van der Waals surface area contributed by atoms with E-state index in [-0.39, 0.29) is 5.69 Å². The van der Waals surface area contributed by atoms with Crippen LogP contribution < -0.4 is 15.4 Å². The maximum absolute atomic E-state index is 10.8. The van der Waals surface area contributed by atoms with Gasteiger partial charge in [-0.2, -0.15) is 0 Å². The number of anilines is 1. The van der Waals surface area contributed by atoms with Crippen LogP contribution in [-0.4, -0.2) is 17.1 Å². The third kappa shape index (κ3) is 4.80. The minimum Gasteiger partial charge on any atom is -0.494 e. The van der Waals surface area contributed by atoms with Crippen molar-refractivity contribution in [1.29, 1.82) is 0 Å². The second-order valence-corrected chi connectivity index (χ2v) is 5.42. The van der Waals surface area contributed by atoms with Crippen LogP contribution in [0.15, 0.2) is 42.5 Å². The number of nitro groups is 1. The molecule has 0 aliphatic rings. The molecule has 120 valence electrons. The molecule has 0 spiro atoms. The highest BCUT2D eigenvalue weighted by Crippen LogP contribution is 2.28. The van der Waals surface area contributed by atoms with Crippen molar-refractivity contribution in [3.8, 4) is 5.75 Å². The Morgan fingerprint density at radius 3 is 2.61 bits per heavy atom. The number of benzene rings is 2. The summed E-state index contributed by atoms with van der Waals surface area (Å²) >= 11 is 11.0. The maximum atomic E-state index is 10.8. The van der Waals surface area contributed by atoms with E-state index >= 15 is 0 Å². The normalized spacial score (nSPS) is 10.0. The van der Waals surface area contributed by atoms with E-state index in [0.717, 1.165) is 5.56 Å². The van der Waals surface area contributed by atoms with Gasteiger partial charge < -0.3 is 15.4 Å². The molecule has 0 saturated carbocycles. The Morgan fingerprint density at radius 1 is 1.30 bits per heavy atom. The number of nitrogens with zero attached hydrogens (tertiary/aromatic N) is 1. The number of halogens is 1. The van der Waals surface area contributed by atoms with Gasteiger partial charge >= 0.3 is 0 Å². The van der Waals surface area contributed by atoms with E-state index in [4.69, 9.17) is 28.6 Å². The molecule has 0 aromatic heterocycles. The molecule has 0 fully saturated rings. The van der Waals surface area contributed by atoms with Crippen LogP contribution in [0.2, 0.25) is 5.02 Å². The lowest BCUT2D eigenvalue weighted by atomic mass is 10.2. The number of nitro benzene ring substituents is 1. The van der Waals surface area contributed by atoms with Crippen LogP contribution in [0.5, 0.6) is 5.75 Å². The van der Waals surface area contributed by atoms with Gasteiger partial charge in [0.05, 0.1) is 23.8 Å². The van der Waals surface area contributed by atoms with Crippen molar-refractivity contribution in [2.75, 3.05) is 12.4 Å². The van der Waals surface area contributed by atoms with E-state index in [9.17, 15) is 10.1 Å². The number of thiocarbonyl (C=S) groups is 1. The molecule has 0 aliphatic carbocycles. The summed E-state index contributed by atoms with van der Waals surface area (Å²) in [5.41, 5.74) is 1.52. The van der Waals surface area contributed by atoms with Crippen molar-refractivity contribution in [1.82, 2.24) is 5.32 Å². The second kappa shape index (κ2) is 7.75. The van der Waals surface area contributed by atoms with Crippen molar-refractivity contribution in [2.24, 2.45) is 0 Å². The smallest absolute Gasteiger partial charge is 0.273 e. The average molecular weight is 352 g/mol. The van der Waals surface area contributed by atoms with E-state index < -0.39 is 4.92 Å². The predicted molar refractivity (Wildman–Crippen MR) is 94.2 cm³/mol. The fraction of sp³-hybridized carbons (Fsp3) is 0.133. The zero-order valence-corrected chi connectivity index (χ0v) is 13.8. The Labute approximate surface area is 143 Å². The summed E-state index contributed by atoms with van der Waals surface area (Å²) in [6.07, 6.45) is 0. The van der Waals surface area contributed by atoms with Gasteiger partial charge in [-0.1, -0.05) is 23.7 Å². The van der Waals surface area contributed by atoms with E-state index in [1.165, 1.54) is 19.2 Å². The van der Waals surface area contributed by atoms with E-state index in [0.29, 0.717) is 28.1 Å². The molecular weight excluding hydrogens is 338 g/mol. The fourth-order valence-electron chi connectivity index (χ4n) is 1.85. The van der Waals surface area contributed by atoms with Gasteiger partial charge in [0.2, 0.25) is 0 Å². The molecule has 2 aromatic rings. The third-order valence-corrected chi connectivity index (χ3v) is 3.51. The van der Waals surface area contributed by atoms with Crippen LogP contribution >= 0.6 is 23.8 Å². The summed E-state index contributed by atoms with van der Waals surface area (Å²) in [6, 6.07) is 11.7. The largest absolute Gasteiger partial charge is 0.494 e. The van der Waals surface area contributed by atoms with Crippen LogP contribution in [0.3, 0.4) is 0 Å². The molecule has 0 atom stereocenters. The quantitative estimate of drug-likeness (QED) is 0.485. The van der Waals surface area contributed by atoms with E-state index in [2.05, 4.69) is 10.6 Å². The van der Waals surface area contributed by atoms with Gasteiger partial charge in [0.1, 0.15) is 5.75 Å². The highest BCUT2D eigenvalue weighted by atomic mass is 35.5. The number of hydrogen-bond acceptors (Lipinski definition) is 4. The van der Waals surface area contributed by atoms with Crippen molar-refractivity contribution < 1.29 is 9.66 Å². The first kappa shape index (κ1) is 17.0. The monoisotopic (exact) mass is 351 g/mol. The fourth-order valence-corrected chi connectivity index (χ4v) is 2.16. The zero-order chi connectivity index (χ0) is 16.8. The highest BCUT2D eigenvalue weighted by Gasteiger charge is 2.12. The van der Waals surface area contributed by atoms with Crippen molar-refractivity contribution in [2.45, 2.75) is 6.54 Å². The Balaban J connectivity index is 1.99. The summed E-state index contributed by atoms with van der Waals surface area (Å²) in [4.78, 5) is 10.3. The number of ether oxygens (including phenoxy) is 1. The third-order valence-electron chi connectivity index (χ3n) is 3.01. The van der Waals surface area contributed by atoms with Gasteiger partial charge in [0, 0.05) is 17.6 Å². The van der Waals surface area contributed by atoms with Crippen LogP contribution in [-0.2, 0) is 6.54 Å². The van der Waals surface area contributed by atoms with Gasteiger partial charge in [-0.3, -0.25) is 10.1 Å². The number of nitrogens with one attached hydrogen (secondary N) is 2. The number of hydrogen-bond donors (Lipinski definition) is 2. The molecule has 0 bridgehead atoms. The van der Waals surface area contributed by atoms with Gasteiger partial charge in [0.25, 0.3) is 5.69 Å². The molecule has 0 heterocycles. The average Bonchev–Trinajstić information content (AvgIpc) is 2.54. The number of rotatable bonds is 5. The SMILES string of the molecule is COc1cc([N+](=O)[O-])ccc1NC(=S)NCc1ccc(Cl)cc1. The zero-order valence-electron chi connectivity index (χ0n) is 12.2. The van der Waals surface area contributed by atoms with E-state index in [1.54, 1.807) is 18.2 Å². The Kier molecular flexibility index (Phi) is 5.72. The molecule has 23 heavy (non-hydrogen) atoms. The Bertz CT molecular complexity index is 722. The molecule has 0 radical (unpaired) electrons. The highest BCUT2D eigenvalue weighted by molar-refractivity contribution is 7.80. The molecule has 0 unspecified atom stereocenters. The van der Waals surface area contributed by atoms with E-state index in [1.807, 2.05) is 12.1 Å². The molecule has 2 N–H and O–H groups in total. The van der Waals surface area contributed by atoms with Crippen molar-refractivity contribution in [3.05, 3.63) is 63.2 Å². The minimum absolute atomic E-state index is 0.0487. The van der Waals surface area contributed by atoms with Gasteiger partial charge in [-0.05, 0) is 36.0 Å². The molecule has 8 heteroatoms. The number of non-ortho nitro benzene ring substituents is 1. The lowest BCUT2D eigenvalue weighted by Gasteiger charge is -2.13. The molecule has 2 aromatic carbocycles. The maximum Gasteiger partial charge on any atom is 0.273 e. The molecule has 6 nitrogen and oxygen atoms in total. The van der Waals surface area contributed by atoms with Crippen molar-refractivity contribution in [3.63, 3.8) is 0 Å².